The first-order valence-electron chi connectivity index (χ1n) is 8.76. The van der Waals surface area contributed by atoms with E-state index in [0.717, 1.165) is 49.7 Å². The van der Waals surface area contributed by atoms with Crippen LogP contribution in [0, 0.1) is 0 Å². The molecule has 0 amide bonds. The van der Waals surface area contributed by atoms with Crippen LogP contribution in [-0.2, 0) is 12.8 Å². The molecule has 3 rings (SSSR count). The molecule has 2 N–H and O–H groups in total. The average Bonchev–Trinajstić information content (AvgIpc) is 3.07. The van der Waals surface area contributed by atoms with Crippen molar-refractivity contribution in [2.24, 2.45) is 4.99 Å². The summed E-state index contributed by atoms with van der Waals surface area (Å²) in [6, 6.07) is 16.6. The van der Waals surface area contributed by atoms with Crippen LogP contribution in [0.25, 0.3) is 5.65 Å². The van der Waals surface area contributed by atoms with Crippen LogP contribution in [0.15, 0.2) is 65.9 Å². The van der Waals surface area contributed by atoms with Gasteiger partial charge in [-0.2, -0.15) is 0 Å². The predicted octanol–water partition coefficient (Wildman–Crippen LogP) is 2.67. The molecule has 0 aliphatic carbocycles. The van der Waals surface area contributed by atoms with Crippen LogP contribution < -0.4 is 10.6 Å². The number of aromatic nitrogens is 2. The van der Waals surface area contributed by atoms with Crippen LogP contribution in [0.5, 0.6) is 0 Å². The molecule has 2 heterocycles. The lowest BCUT2D eigenvalue weighted by Gasteiger charge is -2.11. The highest BCUT2D eigenvalue weighted by molar-refractivity contribution is 5.79. The number of imidazole rings is 1. The maximum atomic E-state index is 4.61. The number of guanidine groups is 1. The molecule has 0 aliphatic rings. The van der Waals surface area contributed by atoms with Crippen molar-refractivity contribution in [3.63, 3.8) is 0 Å². The Morgan fingerprint density at radius 2 is 1.80 bits per heavy atom. The minimum Gasteiger partial charge on any atom is -0.356 e. The lowest BCUT2D eigenvalue weighted by Crippen LogP contribution is -2.38. The fourth-order valence-corrected chi connectivity index (χ4v) is 2.78. The smallest absolute Gasteiger partial charge is 0.190 e. The standard InChI is InChI=1S/C20H25N5/c1-21-20(22-13-7-10-17-8-3-2-4-9-17)23-14-12-18-16-25-15-6-5-11-19(25)24-18/h2-6,8-9,11,15-16H,7,10,12-14H2,1H3,(H2,21,22,23). The molecule has 2 aromatic heterocycles. The van der Waals surface area contributed by atoms with Gasteiger partial charge in [-0.15, -0.1) is 0 Å². The first-order valence-corrected chi connectivity index (χ1v) is 8.76. The van der Waals surface area contributed by atoms with Crippen LogP contribution in [-0.4, -0.2) is 35.5 Å². The largest absolute Gasteiger partial charge is 0.356 e. The van der Waals surface area contributed by atoms with E-state index in [1.54, 1.807) is 7.05 Å². The molecule has 0 spiro atoms. The molecule has 0 saturated heterocycles. The Morgan fingerprint density at radius 3 is 2.60 bits per heavy atom. The number of benzene rings is 1. The van der Waals surface area contributed by atoms with Gasteiger partial charge in [-0.1, -0.05) is 36.4 Å². The molecule has 0 bridgehead atoms. The molecular weight excluding hydrogens is 310 g/mol. The maximum Gasteiger partial charge on any atom is 0.190 e. The predicted molar refractivity (Wildman–Crippen MR) is 103 cm³/mol. The third kappa shape index (κ3) is 5.08. The lowest BCUT2D eigenvalue weighted by atomic mass is 10.1. The quantitative estimate of drug-likeness (QED) is 0.396. The Balaban J connectivity index is 1.37. The number of hydrogen-bond acceptors (Lipinski definition) is 2. The molecule has 0 radical (unpaired) electrons. The van der Waals surface area contributed by atoms with E-state index in [2.05, 4.69) is 57.1 Å². The molecule has 130 valence electrons. The number of pyridine rings is 1. The maximum absolute atomic E-state index is 4.61. The van der Waals surface area contributed by atoms with Gasteiger partial charge in [-0.25, -0.2) is 4.98 Å². The van der Waals surface area contributed by atoms with Gasteiger partial charge in [-0.05, 0) is 30.5 Å². The second-order valence-electron chi connectivity index (χ2n) is 5.96. The lowest BCUT2D eigenvalue weighted by molar-refractivity contribution is 0.737. The second kappa shape index (κ2) is 8.87. The van der Waals surface area contributed by atoms with Gasteiger partial charge >= 0.3 is 0 Å². The molecule has 3 aromatic rings. The van der Waals surface area contributed by atoms with E-state index in [-0.39, 0.29) is 0 Å². The van der Waals surface area contributed by atoms with Crippen LogP contribution in [0.2, 0.25) is 0 Å². The fourth-order valence-electron chi connectivity index (χ4n) is 2.78. The summed E-state index contributed by atoms with van der Waals surface area (Å²) in [4.78, 5) is 8.88. The van der Waals surface area contributed by atoms with E-state index in [1.807, 2.05) is 28.8 Å². The minimum absolute atomic E-state index is 0.808. The normalized spacial score (nSPS) is 11.6. The molecule has 0 unspecified atom stereocenters. The summed E-state index contributed by atoms with van der Waals surface area (Å²) in [5, 5.41) is 6.72. The number of rotatable bonds is 7. The van der Waals surface area contributed by atoms with E-state index in [4.69, 9.17) is 0 Å². The number of aliphatic imine (C=N–C) groups is 1. The van der Waals surface area contributed by atoms with Crippen molar-refractivity contribution in [2.45, 2.75) is 19.3 Å². The van der Waals surface area contributed by atoms with Crippen molar-refractivity contribution in [3.05, 3.63) is 72.2 Å². The first kappa shape index (κ1) is 17.0. The van der Waals surface area contributed by atoms with Crippen LogP contribution >= 0.6 is 0 Å². The SMILES string of the molecule is CN=C(NCCCc1ccccc1)NCCc1cn2ccccc2n1. The molecule has 5 heteroatoms. The topological polar surface area (TPSA) is 53.7 Å². The summed E-state index contributed by atoms with van der Waals surface area (Å²) in [6.45, 7) is 1.71. The highest BCUT2D eigenvalue weighted by Crippen LogP contribution is 2.04. The van der Waals surface area contributed by atoms with Gasteiger partial charge < -0.3 is 15.0 Å². The number of fused-ring (bicyclic) bond motifs is 1. The Kier molecular flexibility index (Phi) is 6.04. The van der Waals surface area contributed by atoms with Crippen molar-refractivity contribution in [1.29, 1.82) is 0 Å². The number of aryl methyl sites for hydroxylation is 1. The second-order valence-corrected chi connectivity index (χ2v) is 5.96. The summed E-state index contributed by atoms with van der Waals surface area (Å²) in [6.07, 6.45) is 7.12. The van der Waals surface area contributed by atoms with Gasteiger partial charge in [-0.3, -0.25) is 4.99 Å². The highest BCUT2D eigenvalue weighted by atomic mass is 15.2. The van der Waals surface area contributed by atoms with Crippen LogP contribution in [0.1, 0.15) is 17.7 Å². The Morgan fingerprint density at radius 1 is 1.00 bits per heavy atom. The zero-order valence-corrected chi connectivity index (χ0v) is 14.7. The van der Waals surface area contributed by atoms with Gasteiger partial charge in [0, 0.05) is 39.0 Å². The molecular formula is C20H25N5. The molecule has 25 heavy (non-hydrogen) atoms. The van der Waals surface area contributed by atoms with Crippen molar-refractivity contribution in [2.75, 3.05) is 20.1 Å². The molecule has 0 saturated carbocycles. The minimum atomic E-state index is 0.808. The zero-order chi connectivity index (χ0) is 17.3. The zero-order valence-electron chi connectivity index (χ0n) is 14.7. The van der Waals surface area contributed by atoms with Crippen LogP contribution in [0.4, 0.5) is 0 Å². The van der Waals surface area contributed by atoms with Gasteiger partial charge in [0.2, 0.25) is 0 Å². The van der Waals surface area contributed by atoms with Gasteiger partial charge in [0.25, 0.3) is 0 Å². The third-order valence-electron chi connectivity index (χ3n) is 4.09. The van der Waals surface area contributed by atoms with Gasteiger partial charge in [0.1, 0.15) is 5.65 Å². The van der Waals surface area contributed by atoms with E-state index >= 15 is 0 Å². The summed E-state index contributed by atoms with van der Waals surface area (Å²) >= 11 is 0. The van der Waals surface area contributed by atoms with E-state index < -0.39 is 0 Å². The summed E-state index contributed by atoms with van der Waals surface area (Å²) < 4.78 is 2.05. The summed E-state index contributed by atoms with van der Waals surface area (Å²) in [7, 11) is 1.80. The molecule has 1 aromatic carbocycles. The third-order valence-corrected chi connectivity index (χ3v) is 4.09. The monoisotopic (exact) mass is 335 g/mol. The molecule has 0 aliphatic heterocycles. The highest BCUT2D eigenvalue weighted by Gasteiger charge is 2.02. The summed E-state index contributed by atoms with van der Waals surface area (Å²) in [5.41, 5.74) is 3.44. The first-order chi connectivity index (χ1) is 12.3. The number of hydrogen-bond donors (Lipinski definition) is 2. The number of nitrogens with zero attached hydrogens (tertiary/aromatic N) is 3. The molecule has 5 nitrogen and oxygen atoms in total. The Labute approximate surface area is 148 Å². The van der Waals surface area contributed by atoms with Gasteiger partial charge in [0.15, 0.2) is 5.96 Å². The fraction of sp³-hybridized carbons (Fsp3) is 0.300. The van der Waals surface area contributed by atoms with Crippen molar-refractivity contribution >= 4 is 11.6 Å². The Bertz CT molecular complexity index is 774. The van der Waals surface area contributed by atoms with E-state index in [0.29, 0.717) is 0 Å². The van der Waals surface area contributed by atoms with Crippen molar-refractivity contribution in [1.82, 2.24) is 20.0 Å². The van der Waals surface area contributed by atoms with Gasteiger partial charge in [0.05, 0.1) is 5.69 Å². The average molecular weight is 335 g/mol. The molecule has 0 fully saturated rings. The summed E-state index contributed by atoms with van der Waals surface area (Å²) in [5.74, 6) is 0.844. The van der Waals surface area contributed by atoms with Crippen molar-refractivity contribution in [3.8, 4) is 0 Å². The van der Waals surface area contributed by atoms with E-state index in [1.165, 1.54) is 5.56 Å². The van der Waals surface area contributed by atoms with E-state index in [9.17, 15) is 0 Å². The molecule has 0 atom stereocenters. The van der Waals surface area contributed by atoms with Crippen LogP contribution in [0.3, 0.4) is 0 Å². The van der Waals surface area contributed by atoms with Crippen molar-refractivity contribution < 1.29 is 0 Å². The number of nitrogens with one attached hydrogen (secondary N) is 2. The Hall–Kier alpha value is -2.82.